The van der Waals surface area contributed by atoms with E-state index in [0.29, 0.717) is 42.5 Å². The van der Waals surface area contributed by atoms with Crippen molar-refractivity contribution in [3.8, 4) is 0 Å². The fourth-order valence-electron chi connectivity index (χ4n) is 4.10. The van der Waals surface area contributed by atoms with Crippen LogP contribution in [0.3, 0.4) is 0 Å². The number of esters is 1. The molecule has 0 bridgehead atoms. The molecular formula is C25H24N4O5S. The summed E-state index contributed by atoms with van der Waals surface area (Å²) in [5, 5.41) is 16.6. The minimum atomic E-state index is -0.598. The lowest BCUT2D eigenvalue weighted by molar-refractivity contribution is -0.384. The lowest BCUT2D eigenvalue weighted by Crippen LogP contribution is -2.52. The molecule has 0 aliphatic carbocycles. The van der Waals surface area contributed by atoms with Gasteiger partial charge in [0.05, 0.1) is 17.1 Å². The number of nitrogens with one attached hydrogen (secondary N) is 1. The minimum Gasteiger partial charge on any atom is -0.462 e. The van der Waals surface area contributed by atoms with Gasteiger partial charge in [-0.15, -0.1) is 0 Å². The second kappa shape index (κ2) is 10.5. The molecule has 9 nitrogen and oxygen atoms in total. The zero-order chi connectivity index (χ0) is 24.9. The number of rotatable bonds is 5. The maximum Gasteiger partial charge on any atom is 0.338 e. The molecule has 10 heteroatoms. The highest BCUT2D eigenvalue weighted by atomic mass is 32.1. The summed E-state index contributed by atoms with van der Waals surface area (Å²) in [5.74, 6) is -0.876. The molecule has 1 N–H and O–H groups in total. The van der Waals surface area contributed by atoms with E-state index >= 15 is 0 Å². The molecule has 3 aromatic carbocycles. The maximum absolute atomic E-state index is 12.9. The number of piperazine rings is 1. The van der Waals surface area contributed by atoms with Gasteiger partial charge in [-0.2, -0.15) is 0 Å². The van der Waals surface area contributed by atoms with Crippen molar-refractivity contribution < 1.29 is 19.2 Å². The van der Waals surface area contributed by atoms with Gasteiger partial charge in [0.15, 0.2) is 5.11 Å². The number of ether oxygens (including phenoxy) is 1. The highest BCUT2D eigenvalue weighted by Crippen LogP contribution is 2.30. The van der Waals surface area contributed by atoms with Crippen LogP contribution < -0.4 is 10.2 Å². The Morgan fingerprint density at radius 2 is 1.77 bits per heavy atom. The van der Waals surface area contributed by atoms with E-state index in [0.717, 1.165) is 10.8 Å². The van der Waals surface area contributed by atoms with Gasteiger partial charge in [0.1, 0.15) is 5.69 Å². The number of nitro groups is 1. The Labute approximate surface area is 207 Å². The third-order valence-corrected chi connectivity index (χ3v) is 6.21. The van der Waals surface area contributed by atoms with Crippen molar-refractivity contribution in [1.82, 2.24) is 10.2 Å². The second-order valence-corrected chi connectivity index (χ2v) is 8.33. The van der Waals surface area contributed by atoms with Crippen LogP contribution in [0, 0.1) is 10.1 Å². The zero-order valence-electron chi connectivity index (χ0n) is 19.1. The van der Waals surface area contributed by atoms with E-state index in [4.69, 9.17) is 17.0 Å². The van der Waals surface area contributed by atoms with E-state index < -0.39 is 10.9 Å². The number of nitrogens with zero attached hydrogens (tertiary/aromatic N) is 3. The van der Waals surface area contributed by atoms with E-state index in [2.05, 4.69) is 5.32 Å². The Hall–Kier alpha value is -4.05. The zero-order valence-corrected chi connectivity index (χ0v) is 19.9. The smallest absolute Gasteiger partial charge is 0.338 e. The molecule has 0 saturated carbocycles. The maximum atomic E-state index is 12.9. The number of amides is 1. The third kappa shape index (κ3) is 5.22. The summed E-state index contributed by atoms with van der Waals surface area (Å²) in [6, 6.07) is 17.5. The van der Waals surface area contributed by atoms with Crippen molar-refractivity contribution in [2.45, 2.75) is 6.92 Å². The molecule has 1 aliphatic rings. The van der Waals surface area contributed by atoms with Crippen LogP contribution in [0.4, 0.5) is 11.4 Å². The van der Waals surface area contributed by atoms with Gasteiger partial charge >= 0.3 is 5.97 Å². The van der Waals surface area contributed by atoms with Crippen molar-refractivity contribution in [2.75, 3.05) is 37.7 Å². The van der Waals surface area contributed by atoms with E-state index in [-0.39, 0.29) is 23.8 Å². The number of carbonyl (C=O) groups is 2. The van der Waals surface area contributed by atoms with E-state index in [1.54, 1.807) is 19.1 Å². The summed E-state index contributed by atoms with van der Waals surface area (Å²) < 4.78 is 4.95. The summed E-state index contributed by atoms with van der Waals surface area (Å²) in [7, 11) is 0. The molecule has 35 heavy (non-hydrogen) atoms. The van der Waals surface area contributed by atoms with Crippen molar-refractivity contribution in [1.29, 1.82) is 0 Å². The molecule has 0 atom stereocenters. The molecule has 0 unspecified atom stereocenters. The van der Waals surface area contributed by atoms with Crippen LogP contribution in [0.15, 0.2) is 60.7 Å². The Bertz CT molecular complexity index is 1300. The summed E-state index contributed by atoms with van der Waals surface area (Å²) >= 11 is 5.48. The quantitative estimate of drug-likeness (QED) is 0.248. The molecule has 1 saturated heterocycles. The predicted molar refractivity (Wildman–Crippen MR) is 137 cm³/mol. The molecule has 0 spiro atoms. The van der Waals surface area contributed by atoms with Crippen LogP contribution >= 0.6 is 12.2 Å². The number of benzene rings is 3. The molecule has 1 heterocycles. The molecule has 3 aromatic rings. The molecule has 0 aromatic heterocycles. The molecule has 180 valence electrons. The van der Waals surface area contributed by atoms with Crippen LogP contribution in [0.2, 0.25) is 0 Å². The van der Waals surface area contributed by atoms with Gasteiger partial charge in [-0.3, -0.25) is 20.2 Å². The molecular weight excluding hydrogens is 468 g/mol. The fraction of sp³-hybridized carbons (Fsp3) is 0.240. The molecule has 4 rings (SSSR count). The average Bonchev–Trinajstić information content (AvgIpc) is 2.88. The van der Waals surface area contributed by atoms with Gasteiger partial charge in [0, 0.05) is 37.8 Å². The van der Waals surface area contributed by atoms with Gasteiger partial charge in [0.2, 0.25) is 0 Å². The lowest BCUT2D eigenvalue weighted by atomic mass is 10.0. The number of thiocarbonyl (C=S) groups is 1. The minimum absolute atomic E-state index is 0.137. The van der Waals surface area contributed by atoms with Crippen LogP contribution in [-0.4, -0.2) is 59.6 Å². The monoisotopic (exact) mass is 492 g/mol. The standard InChI is InChI=1S/C25H24N4O5S/c1-2-34-24(31)18-10-11-21(22(16-18)29(32)33)27-12-14-28(15-13-27)25(35)26-23(30)20-9-5-7-17-6-3-4-8-19(17)20/h3-11,16H,2,12-15H2,1H3,(H,26,30,35). The van der Waals surface area contributed by atoms with Crippen LogP contribution in [0.1, 0.15) is 27.6 Å². The Kier molecular flexibility index (Phi) is 7.21. The Balaban J connectivity index is 1.42. The number of hydrogen-bond donors (Lipinski definition) is 1. The number of nitro benzene ring substituents is 1. The van der Waals surface area contributed by atoms with E-state index in [1.165, 1.54) is 12.1 Å². The highest BCUT2D eigenvalue weighted by molar-refractivity contribution is 7.80. The third-order valence-electron chi connectivity index (χ3n) is 5.85. The number of carbonyl (C=O) groups excluding carboxylic acids is 2. The summed E-state index contributed by atoms with van der Waals surface area (Å²) in [6.07, 6.45) is 0. The number of hydrogen-bond acceptors (Lipinski definition) is 7. The predicted octanol–water partition coefficient (Wildman–Crippen LogP) is 3.76. The molecule has 1 fully saturated rings. The Morgan fingerprint density at radius 1 is 1.06 bits per heavy atom. The number of fused-ring (bicyclic) bond motifs is 1. The molecule has 0 radical (unpaired) electrons. The first kappa shape index (κ1) is 24.1. The van der Waals surface area contributed by atoms with Gasteiger partial charge in [-0.25, -0.2) is 4.79 Å². The first-order valence-electron chi connectivity index (χ1n) is 11.2. The van der Waals surface area contributed by atoms with Gasteiger partial charge in [0.25, 0.3) is 11.6 Å². The van der Waals surface area contributed by atoms with Crippen LogP contribution in [0.25, 0.3) is 10.8 Å². The highest BCUT2D eigenvalue weighted by Gasteiger charge is 2.27. The van der Waals surface area contributed by atoms with Gasteiger partial charge in [-0.1, -0.05) is 36.4 Å². The van der Waals surface area contributed by atoms with Crippen LogP contribution in [-0.2, 0) is 4.74 Å². The van der Waals surface area contributed by atoms with Crippen molar-refractivity contribution in [3.63, 3.8) is 0 Å². The normalized spacial score (nSPS) is 13.4. The molecule has 1 amide bonds. The SMILES string of the molecule is CCOC(=O)c1ccc(N2CCN(C(=S)NC(=O)c3cccc4ccccc34)CC2)c([N+](=O)[O-])c1. The number of anilines is 1. The summed E-state index contributed by atoms with van der Waals surface area (Å²) in [5.41, 5.74) is 0.948. The van der Waals surface area contributed by atoms with Gasteiger partial charge < -0.3 is 14.5 Å². The van der Waals surface area contributed by atoms with Crippen molar-refractivity contribution >= 4 is 51.4 Å². The molecule has 1 aliphatic heterocycles. The van der Waals surface area contributed by atoms with Gasteiger partial charge in [-0.05, 0) is 48.1 Å². The first-order valence-corrected chi connectivity index (χ1v) is 11.6. The van der Waals surface area contributed by atoms with Crippen molar-refractivity contribution in [2.24, 2.45) is 0 Å². The van der Waals surface area contributed by atoms with E-state index in [1.807, 2.05) is 46.2 Å². The largest absolute Gasteiger partial charge is 0.462 e. The lowest BCUT2D eigenvalue weighted by Gasteiger charge is -2.37. The first-order chi connectivity index (χ1) is 16.9. The van der Waals surface area contributed by atoms with E-state index in [9.17, 15) is 19.7 Å². The fourth-order valence-corrected chi connectivity index (χ4v) is 4.37. The summed E-state index contributed by atoms with van der Waals surface area (Å²) in [4.78, 5) is 39.8. The second-order valence-electron chi connectivity index (χ2n) is 7.94. The van der Waals surface area contributed by atoms with Crippen molar-refractivity contribution in [3.05, 3.63) is 81.9 Å². The van der Waals surface area contributed by atoms with Crippen LogP contribution in [0.5, 0.6) is 0 Å². The topological polar surface area (TPSA) is 105 Å². The Morgan fingerprint density at radius 3 is 2.49 bits per heavy atom. The average molecular weight is 493 g/mol. The summed E-state index contributed by atoms with van der Waals surface area (Å²) in [6.45, 7) is 3.74.